The van der Waals surface area contributed by atoms with Gasteiger partial charge in [0.05, 0.1) is 6.20 Å². The summed E-state index contributed by atoms with van der Waals surface area (Å²) in [7, 11) is 0. The van der Waals surface area contributed by atoms with Crippen LogP contribution >= 0.6 is 0 Å². The van der Waals surface area contributed by atoms with E-state index in [2.05, 4.69) is 21.6 Å². The molecule has 2 N–H and O–H groups in total. The highest BCUT2D eigenvalue weighted by Gasteiger charge is 2.31. The lowest BCUT2D eigenvalue weighted by molar-refractivity contribution is 0.536. The van der Waals surface area contributed by atoms with Gasteiger partial charge in [0.2, 0.25) is 0 Å². The second-order valence-corrected chi connectivity index (χ2v) is 3.97. The summed E-state index contributed by atoms with van der Waals surface area (Å²) in [5, 5.41) is 10.3. The van der Waals surface area contributed by atoms with Crippen molar-refractivity contribution < 1.29 is 0 Å². The molecule has 0 saturated carbocycles. The van der Waals surface area contributed by atoms with E-state index >= 15 is 0 Å². The second kappa shape index (κ2) is 2.70. The molecule has 2 aliphatic rings. The molecule has 68 valence electrons. The van der Waals surface area contributed by atoms with Gasteiger partial charge in [0, 0.05) is 18.3 Å². The van der Waals surface area contributed by atoms with Crippen LogP contribution in [0.15, 0.2) is 18.5 Å². The topological polar surface area (TPSA) is 40.7 Å². The van der Waals surface area contributed by atoms with Gasteiger partial charge < -0.3 is 5.32 Å². The number of aromatic nitrogens is 2. The molecule has 2 atom stereocenters. The van der Waals surface area contributed by atoms with E-state index in [0.29, 0.717) is 0 Å². The Bertz CT molecular complexity index is 326. The molecule has 1 aromatic heterocycles. The molecule has 2 unspecified atom stereocenters. The van der Waals surface area contributed by atoms with E-state index < -0.39 is 0 Å². The van der Waals surface area contributed by atoms with Gasteiger partial charge in [-0.2, -0.15) is 5.10 Å². The van der Waals surface area contributed by atoms with E-state index in [4.69, 9.17) is 0 Å². The summed E-state index contributed by atoms with van der Waals surface area (Å²) >= 11 is 0. The van der Waals surface area contributed by atoms with Crippen molar-refractivity contribution in [1.29, 1.82) is 0 Å². The molecule has 1 aliphatic carbocycles. The number of rotatable bonds is 1. The SMILES string of the molecule is C1=C(c2cn[nH]c2)CC2CNCC12. The standard InChI is InChI=1S/C10H13N3/c1-7(10-5-12-13-6-10)2-9-4-11-3-8(1)9/h1,5-6,8-9,11H,2-4H2,(H,12,13). The lowest BCUT2D eigenvalue weighted by atomic mass is 9.99. The molecule has 2 heterocycles. The van der Waals surface area contributed by atoms with Crippen LogP contribution in [0.2, 0.25) is 0 Å². The Kier molecular flexibility index (Phi) is 1.52. The fourth-order valence-corrected chi connectivity index (χ4v) is 2.42. The summed E-state index contributed by atoms with van der Waals surface area (Å²) in [6.45, 7) is 2.34. The molecule has 0 spiro atoms. The fourth-order valence-electron chi connectivity index (χ4n) is 2.42. The maximum atomic E-state index is 3.98. The Morgan fingerprint density at radius 2 is 2.38 bits per heavy atom. The maximum Gasteiger partial charge on any atom is 0.0562 e. The highest BCUT2D eigenvalue weighted by molar-refractivity contribution is 5.67. The molecular weight excluding hydrogens is 162 g/mol. The third kappa shape index (κ3) is 1.11. The number of fused-ring (bicyclic) bond motifs is 1. The summed E-state index contributed by atoms with van der Waals surface area (Å²) in [5.74, 6) is 1.61. The van der Waals surface area contributed by atoms with Crippen LogP contribution in [-0.4, -0.2) is 23.3 Å². The number of allylic oxidation sites excluding steroid dienone is 1. The molecule has 0 bridgehead atoms. The zero-order valence-corrected chi connectivity index (χ0v) is 7.46. The summed E-state index contributed by atoms with van der Waals surface area (Å²) in [5.41, 5.74) is 2.75. The van der Waals surface area contributed by atoms with Gasteiger partial charge in [-0.05, 0) is 30.4 Å². The number of nitrogens with one attached hydrogen (secondary N) is 2. The van der Waals surface area contributed by atoms with Gasteiger partial charge in [-0.25, -0.2) is 0 Å². The number of hydrogen-bond acceptors (Lipinski definition) is 2. The van der Waals surface area contributed by atoms with Crippen LogP contribution in [0.3, 0.4) is 0 Å². The predicted molar refractivity (Wildman–Crippen MR) is 51.0 cm³/mol. The summed E-state index contributed by atoms with van der Waals surface area (Å²) in [4.78, 5) is 0. The molecule has 1 fully saturated rings. The molecular formula is C10H13N3. The number of H-pyrrole nitrogens is 1. The first-order chi connectivity index (χ1) is 6.43. The Morgan fingerprint density at radius 3 is 3.15 bits per heavy atom. The van der Waals surface area contributed by atoms with Crippen molar-refractivity contribution in [1.82, 2.24) is 15.5 Å². The van der Waals surface area contributed by atoms with Crippen molar-refractivity contribution in [2.45, 2.75) is 6.42 Å². The predicted octanol–water partition coefficient (Wildman–Crippen LogP) is 1.03. The summed E-state index contributed by atoms with van der Waals surface area (Å²) in [6.07, 6.45) is 7.54. The molecule has 1 aromatic rings. The zero-order valence-electron chi connectivity index (χ0n) is 7.46. The van der Waals surface area contributed by atoms with Crippen molar-refractivity contribution in [2.75, 3.05) is 13.1 Å². The average molecular weight is 175 g/mol. The number of aromatic amines is 1. The van der Waals surface area contributed by atoms with Gasteiger partial charge in [0.15, 0.2) is 0 Å². The first kappa shape index (κ1) is 7.33. The van der Waals surface area contributed by atoms with Crippen LogP contribution < -0.4 is 5.32 Å². The Balaban J connectivity index is 1.88. The quantitative estimate of drug-likeness (QED) is 0.669. The normalized spacial score (nSPS) is 31.8. The van der Waals surface area contributed by atoms with E-state index in [1.54, 1.807) is 0 Å². The van der Waals surface area contributed by atoms with Crippen LogP contribution in [0.4, 0.5) is 0 Å². The van der Waals surface area contributed by atoms with Crippen LogP contribution in [0.25, 0.3) is 5.57 Å². The van der Waals surface area contributed by atoms with Crippen molar-refractivity contribution in [3.63, 3.8) is 0 Å². The Morgan fingerprint density at radius 1 is 1.38 bits per heavy atom. The van der Waals surface area contributed by atoms with Gasteiger partial charge in [-0.15, -0.1) is 0 Å². The molecule has 13 heavy (non-hydrogen) atoms. The molecule has 0 radical (unpaired) electrons. The summed E-state index contributed by atoms with van der Waals surface area (Å²) < 4.78 is 0. The Labute approximate surface area is 77.2 Å². The van der Waals surface area contributed by atoms with Crippen molar-refractivity contribution in [3.8, 4) is 0 Å². The van der Waals surface area contributed by atoms with Crippen LogP contribution in [0.5, 0.6) is 0 Å². The van der Waals surface area contributed by atoms with E-state index in [0.717, 1.165) is 18.4 Å². The number of hydrogen-bond donors (Lipinski definition) is 2. The van der Waals surface area contributed by atoms with Gasteiger partial charge in [-0.3, -0.25) is 5.10 Å². The van der Waals surface area contributed by atoms with E-state index in [1.165, 1.54) is 24.1 Å². The van der Waals surface area contributed by atoms with Gasteiger partial charge in [0.1, 0.15) is 0 Å². The zero-order chi connectivity index (χ0) is 8.67. The van der Waals surface area contributed by atoms with E-state index in [9.17, 15) is 0 Å². The average Bonchev–Trinajstić information content (AvgIpc) is 2.78. The van der Waals surface area contributed by atoms with Crippen LogP contribution in [0, 0.1) is 11.8 Å². The molecule has 3 heteroatoms. The minimum absolute atomic E-state index is 0.768. The van der Waals surface area contributed by atoms with Crippen molar-refractivity contribution >= 4 is 5.57 Å². The van der Waals surface area contributed by atoms with Gasteiger partial charge in [-0.1, -0.05) is 6.08 Å². The fraction of sp³-hybridized carbons (Fsp3) is 0.500. The lowest BCUT2D eigenvalue weighted by Crippen LogP contribution is -2.09. The largest absolute Gasteiger partial charge is 0.316 e. The first-order valence-corrected chi connectivity index (χ1v) is 4.84. The molecule has 0 aromatic carbocycles. The molecule has 1 aliphatic heterocycles. The second-order valence-electron chi connectivity index (χ2n) is 3.97. The monoisotopic (exact) mass is 175 g/mol. The minimum atomic E-state index is 0.768. The summed E-state index contributed by atoms with van der Waals surface area (Å²) in [6, 6.07) is 0. The minimum Gasteiger partial charge on any atom is -0.316 e. The number of nitrogens with zero attached hydrogens (tertiary/aromatic N) is 1. The third-order valence-corrected chi connectivity index (χ3v) is 3.16. The lowest BCUT2D eigenvalue weighted by Gasteiger charge is -2.04. The van der Waals surface area contributed by atoms with Crippen molar-refractivity contribution in [3.05, 3.63) is 24.0 Å². The van der Waals surface area contributed by atoms with Gasteiger partial charge >= 0.3 is 0 Å². The first-order valence-electron chi connectivity index (χ1n) is 4.84. The van der Waals surface area contributed by atoms with E-state index in [1.807, 2.05) is 12.4 Å². The molecule has 3 rings (SSSR count). The Hall–Kier alpha value is -1.09. The van der Waals surface area contributed by atoms with Crippen LogP contribution in [0.1, 0.15) is 12.0 Å². The third-order valence-electron chi connectivity index (χ3n) is 3.16. The van der Waals surface area contributed by atoms with Crippen LogP contribution in [-0.2, 0) is 0 Å². The molecule has 1 saturated heterocycles. The highest BCUT2D eigenvalue weighted by atomic mass is 15.1. The van der Waals surface area contributed by atoms with Gasteiger partial charge in [0.25, 0.3) is 0 Å². The molecule has 0 amide bonds. The van der Waals surface area contributed by atoms with E-state index in [-0.39, 0.29) is 0 Å². The van der Waals surface area contributed by atoms with Crippen molar-refractivity contribution in [2.24, 2.45) is 11.8 Å². The maximum absolute atomic E-state index is 3.98. The molecule has 3 nitrogen and oxygen atoms in total. The smallest absolute Gasteiger partial charge is 0.0562 e. The highest BCUT2D eigenvalue weighted by Crippen LogP contribution is 2.37.